The molecule has 0 aliphatic heterocycles. The quantitative estimate of drug-likeness (QED) is 0.836. The van der Waals surface area contributed by atoms with Gasteiger partial charge in [0.15, 0.2) is 0 Å². The number of aryl methyl sites for hydroxylation is 1. The summed E-state index contributed by atoms with van der Waals surface area (Å²) in [7, 11) is 0. The molecule has 0 bridgehead atoms. The summed E-state index contributed by atoms with van der Waals surface area (Å²) in [6.07, 6.45) is 2.06. The van der Waals surface area contributed by atoms with Gasteiger partial charge in [0.1, 0.15) is 5.75 Å². The van der Waals surface area contributed by atoms with Crippen molar-refractivity contribution in [1.29, 1.82) is 0 Å². The van der Waals surface area contributed by atoms with E-state index in [1.54, 1.807) is 12.1 Å². The Balaban J connectivity index is 2.59. The van der Waals surface area contributed by atoms with Gasteiger partial charge in [-0.25, -0.2) is 0 Å². The third kappa shape index (κ3) is 1.47. The van der Waals surface area contributed by atoms with Crippen molar-refractivity contribution in [3.05, 3.63) is 28.3 Å². The molecule has 16 heavy (non-hydrogen) atoms. The Bertz CT molecular complexity index is 450. The molecule has 1 aliphatic rings. The van der Waals surface area contributed by atoms with E-state index in [1.165, 1.54) is 0 Å². The summed E-state index contributed by atoms with van der Waals surface area (Å²) in [5.74, 6) is -0.894. The third-order valence-corrected chi connectivity index (χ3v) is 3.73. The SMILES string of the molecule is Cc1cc(O)c(Cl)c(C2(C(=O)O)CCC2)c1. The monoisotopic (exact) mass is 240 g/mol. The number of aliphatic carboxylic acids is 1. The standard InChI is InChI=1S/C12H13ClO3/c1-7-5-8(10(13)9(14)6-7)12(11(15)16)3-2-4-12/h5-6,14H,2-4H2,1H3,(H,15,16). The molecule has 1 aromatic rings. The van der Waals surface area contributed by atoms with E-state index in [9.17, 15) is 15.0 Å². The molecule has 1 aliphatic carbocycles. The largest absolute Gasteiger partial charge is 0.506 e. The average Bonchev–Trinajstić information content (AvgIpc) is 2.10. The number of carboxylic acid groups (broad SMARTS) is 1. The molecule has 2 rings (SSSR count). The van der Waals surface area contributed by atoms with Gasteiger partial charge in [-0.15, -0.1) is 0 Å². The number of rotatable bonds is 2. The Hall–Kier alpha value is -1.22. The Morgan fingerprint density at radius 1 is 1.44 bits per heavy atom. The lowest BCUT2D eigenvalue weighted by Crippen LogP contribution is -2.42. The molecule has 1 fully saturated rings. The van der Waals surface area contributed by atoms with Crippen molar-refractivity contribution >= 4 is 17.6 Å². The molecule has 86 valence electrons. The Morgan fingerprint density at radius 3 is 2.50 bits per heavy atom. The van der Waals surface area contributed by atoms with Crippen LogP contribution in [0.5, 0.6) is 5.75 Å². The Morgan fingerprint density at radius 2 is 2.06 bits per heavy atom. The average molecular weight is 241 g/mol. The smallest absolute Gasteiger partial charge is 0.314 e. The number of benzene rings is 1. The normalized spacial score (nSPS) is 17.9. The van der Waals surface area contributed by atoms with Gasteiger partial charge in [0.2, 0.25) is 0 Å². The maximum atomic E-state index is 11.3. The highest BCUT2D eigenvalue weighted by atomic mass is 35.5. The molecule has 0 heterocycles. The molecule has 0 saturated heterocycles. The maximum absolute atomic E-state index is 11.3. The lowest BCUT2D eigenvalue weighted by atomic mass is 9.64. The molecule has 0 atom stereocenters. The second-order valence-electron chi connectivity index (χ2n) is 4.39. The van der Waals surface area contributed by atoms with Crippen molar-refractivity contribution in [1.82, 2.24) is 0 Å². The number of carboxylic acids is 1. The number of hydrogen-bond donors (Lipinski definition) is 2. The van der Waals surface area contributed by atoms with Crippen molar-refractivity contribution in [2.24, 2.45) is 0 Å². The summed E-state index contributed by atoms with van der Waals surface area (Å²) in [5.41, 5.74) is 0.482. The minimum Gasteiger partial charge on any atom is -0.506 e. The van der Waals surface area contributed by atoms with Crippen molar-refractivity contribution in [2.75, 3.05) is 0 Å². The summed E-state index contributed by atoms with van der Waals surface area (Å²) in [4.78, 5) is 11.3. The fourth-order valence-corrected chi connectivity index (χ4v) is 2.52. The van der Waals surface area contributed by atoms with Gasteiger partial charge in [0.25, 0.3) is 0 Å². The number of halogens is 1. The van der Waals surface area contributed by atoms with E-state index in [4.69, 9.17) is 11.6 Å². The predicted octanol–water partition coefficient (Wildman–Crippen LogP) is 2.86. The van der Waals surface area contributed by atoms with Crippen molar-refractivity contribution in [3.63, 3.8) is 0 Å². The van der Waals surface area contributed by atoms with Crippen LogP contribution in [-0.4, -0.2) is 16.2 Å². The van der Waals surface area contributed by atoms with Crippen LogP contribution in [0.3, 0.4) is 0 Å². The zero-order valence-corrected chi connectivity index (χ0v) is 9.71. The molecule has 2 N–H and O–H groups in total. The predicted molar refractivity (Wildman–Crippen MR) is 61.0 cm³/mol. The summed E-state index contributed by atoms with van der Waals surface area (Å²) in [6.45, 7) is 1.81. The Kier molecular flexibility index (Phi) is 2.58. The van der Waals surface area contributed by atoms with E-state index in [1.807, 2.05) is 6.92 Å². The van der Waals surface area contributed by atoms with Crippen molar-refractivity contribution in [2.45, 2.75) is 31.6 Å². The summed E-state index contributed by atoms with van der Waals surface area (Å²) >= 11 is 5.99. The van der Waals surface area contributed by atoms with Gasteiger partial charge in [-0.3, -0.25) is 4.79 Å². The van der Waals surface area contributed by atoms with Crippen LogP contribution in [0.4, 0.5) is 0 Å². The minimum absolute atomic E-state index is 0.0378. The fraction of sp³-hybridized carbons (Fsp3) is 0.417. The van der Waals surface area contributed by atoms with Gasteiger partial charge in [0.05, 0.1) is 10.4 Å². The number of aromatic hydroxyl groups is 1. The number of carbonyl (C=O) groups is 1. The topological polar surface area (TPSA) is 57.5 Å². The molecular weight excluding hydrogens is 228 g/mol. The third-order valence-electron chi connectivity index (χ3n) is 3.33. The molecule has 1 saturated carbocycles. The number of phenolic OH excluding ortho intramolecular Hbond substituents is 1. The van der Waals surface area contributed by atoms with Crippen LogP contribution < -0.4 is 0 Å². The van der Waals surface area contributed by atoms with Crippen molar-refractivity contribution < 1.29 is 15.0 Å². The molecule has 0 spiro atoms. The molecule has 0 unspecified atom stereocenters. The lowest BCUT2D eigenvalue weighted by Gasteiger charge is -2.38. The summed E-state index contributed by atoms with van der Waals surface area (Å²) in [5, 5.41) is 19.1. The zero-order chi connectivity index (χ0) is 11.9. The van der Waals surface area contributed by atoms with E-state index in [0.29, 0.717) is 18.4 Å². The molecule has 0 aromatic heterocycles. The van der Waals surface area contributed by atoms with Crippen LogP contribution >= 0.6 is 11.6 Å². The van der Waals surface area contributed by atoms with Crippen molar-refractivity contribution in [3.8, 4) is 5.75 Å². The number of phenols is 1. The van der Waals surface area contributed by atoms with E-state index in [2.05, 4.69) is 0 Å². The maximum Gasteiger partial charge on any atom is 0.314 e. The van der Waals surface area contributed by atoms with Gasteiger partial charge >= 0.3 is 5.97 Å². The molecular formula is C12H13ClO3. The van der Waals surface area contributed by atoms with Gasteiger partial charge in [0, 0.05) is 0 Å². The first-order valence-electron chi connectivity index (χ1n) is 5.20. The van der Waals surface area contributed by atoms with E-state index >= 15 is 0 Å². The molecule has 3 nitrogen and oxygen atoms in total. The van der Waals surface area contributed by atoms with E-state index < -0.39 is 11.4 Å². The molecule has 0 radical (unpaired) electrons. The summed E-state index contributed by atoms with van der Waals surface area (Å²) in [6, 6.07) is 3.30. The lowest BCUT2D eigenvalue weighted by molar-refractivity contribution is -0.147. The summed E-state index contributed by atoms with van der Waals surface area (Å²) < 4.78 is 0. The second kappa shape index (κ2) is 3.67. The zero-order valence-electron chi connectivity index (χ0n) is 8.96. The van der Waals surface area contributed by atoms with E-state index in [0.717, 1.165) is 12.0 Å². The van der Waals surface area contributed by atoms with Crippen LogP contribution in [0.25, 0.3) is 0 Å². The molecule has 4 heteroatoms. The molecule has 1 aromatic carbocycles. The van der Waals surface area contributed by atoms with Crippen LogP contribution in [0, 0.1) is 6.92 Å². The Labute approximate surface area is 98.7 Å². The highest BCUT2D eigenvalue weighted by Gasteiger charge is 2.47. The van der Waals surface area contributed by atoms with Crippen LogP contribution in [-0.2, 0) is 10.2 Å². The molecule has 0 amide bonds. The highest BCUT2D eigenvalue weighted by molar-refractivity contribution is 6.33. The van der Waals surface area contributed by atoms with Crippen LogP contribution in [0.1, 0.15) is 30.4 Å². The fourth-order valence-electron chi connectivity index (χ4n) is 2.23. The first kappa shape index (κ1) is 11.3. The first-order valence-corrected chi connectivity index (χ1v) is 5.58. The van der Waals surface area contributed by atoms with Crippen LogP contribution in [0.2, 0.25) is 5.02 Å². The number of hydrogen-bond acceptors (Lipinski definition) is 2. The highest BCUT2D eigenvalue weighted by Crippen LogP contribution is 2.48. The minimum atomic E-state index is -0.888. The van der Waals surface area contributed by atoms with Gasteiger partial charge < -0.3 is 10.2 Å². The van der Waals surface area contributed by atoms with E-state index in [-0.39, 0.29) is 10.8 Å². The van der Waals surface area contributed by atoms with Crippen LogP contribution in [0.15, 0.2) is 12.1 Å². The second-order valence-corrected chi connectivity index (χ2v) is 4.76. The first-order chi connectivity index (χ1) is 7.47. The van der Waals surface area contributed by atoms with Gasteiger partial charge in [-0.05, 0) is 37.0 Å². The van der Waals surface area contributed by atoms with Gasteiger partial charge in [-0.2, -0.15) is 0 Å². The van der Waals surface area contributed by atoms with Gasteiger partial charge in [-0.1, -0.05) is 24.1 Å².